The Kier molecular flexibility index (Phi) is 3.87. The van der Waals surface area contributed by atoms with Crippen molar-refractivity contribution >= 4 is 11.5 Å². The minimum absolute atomic E-state index is 0.130. The summed E-state index contributed by atoms with van der Waals surface area (Å²) >= 11 is 0. The Balaban J connectivity index is 1.76. The molecule has 1 fully saturated rings. The lowest BCUT2D eigenvalue weighted by Crippen LogP contribution is -2.12. The molecule has 0 aromatic carbocycles. The van der Waals surface area contributed by atoms with E-state index in [0.29, 0.717) is 6.10 Å². The smallest absolute Gasteiger partial charge is 0.363 e. The highest BCUT2D eigenvalue weighted by Gasteiger charge is 2.14. The summed E-state index contributed by atoms with van der Waals surface area (Å²) in [5.41, 5.74) is 0.800. The number of nitrogens with one attached hydrogen (secondary N) is 1. The van der Waals surface area contributed by atoms with Crippen molar-refractivity contribution in [3.63, 3.8) is 0 Å². The molecule has 1 N–H and O–H groups in total. The third-order valence-corrected chi connectivity index (χ3v) is 2.75. The van der Waals surface area contributed by atoms with Crippen LogP contribution in [0.4, 0.5) is 11.5 Å². The van der Waals surface area contributed by atoms with Gasteiger partial charge in [-0.25, -0.2) is 0 Å². The fourth-order valence-electron chi connectivity index (χ4n) is 1.85. The van der Waals surface area contributed by atoms with E-state index in [9.17, 15) is 10.1 Å². The van der Waals surface area contributed by atoms with Crippen molar-refractivity contribution in [1.29, 1.82) is 0 Å². The van der Waals surface area contributed by atoms with Gasteiger partial charge in [-0.05, 0) is 35.2 Å². The maximum Gasteiger partial charge on any atom is 0.363 e. The molecule has 6 heteroatoms. The first-order chi connectivity index (χ1) is 8.25. The van der Waals surface area contributed by atoms with E-state index in [1.54, 1.807) is 6.07 Å². The summed E-state index contributed by atoms with van der Waals surface area (Å²) in [6, 6.07) is 3.06. The lowest BCUT2D eigenvalue weighted by atomic mass is 10.2. The van der Waals surface area contributed by atoms with Crippen LogP contribution in [0.25, 0.3) is 0 Å². The molecule has 1 aliphatic heterocycles. The van der Waals surface area contributed by atoms with Gasteiger partial charge in [0, 0.05) is 19.2 Å². The topological polar surface area (TPSA) is 77.3 Å². The molecule has 2 rings (SSSR count). The lowest BCUT2D eigenvalue weighted by molar-refractivity contribution is -0.389. The van der Waals surface area contributed by atoms with Gasteiger partial charge in [-0.3, -0.25) is 0 Å². The molecule has 0 amide bonds. The summed E-state index contributed by atoms with van der Waals surface area (Å²) in [4.78, 5) is 13.6. The van der Waals surface area contributed by atoms with Crippen LogP contribution in [-0.2, 0) is 4.74 Å². The second kappa shape index (κ2) is 5.58. The van der Waals surface area contributed by atoms with Gasteiger partial charge >= 0.3 is 5.82 Å². The number of hydrogen-bond acceptors (Lipinski definition) is 5. The largest absolute Gasteiger partial charge is 0.382 e. The number of nitro groups is 1. The molecule has 92 valence electrons. The van der Waals surface area contributed by atoms with E-state index in [4.69, 9.17) is 4.74 Å². The Morgan fingerprint density at radius 2 is 2.47 bits per heavy atom. The second-order valence-electron chi connectivity index (χ2n) is 4.01. The molecular weight excluding hydrogens is 222 g/mol. The average molecular weight is 237 g/mol. The third-order valence-electron chi connectivity index (χ3n) is 2.75. The standard InChI is InChI=1S/C11H15N3O3/c15-14(16)11-4-3-9(8-13-11)12-6-5-10-2-1-7-17-10/h3-4,8,10,12H,1-2,5-7H2. The number of hydrogen-bond donors (Lipinski definition) is 1. The first-order valence-corrected chi connectivity index (χ1v) is 5.71. The van der Waals surface area contributed by atoms with Crippen molar-refractivity contribution in [2.75, 3.05) is 18.5 Å². The summed E-state index contributed by atoms with van der Waals surface area (Å²) in [6.07, 6.45) is 5.06. The molecule has 0 aliphatic carbocycles. The molecule has 1 saturated heterocycles. The quantitative estimate of drug-likeness (QED) is 0.625. The molecule has 6 nitrogen and oxygen atoms in total. The number of anilines is 1. The van der Waals surface area contributed by atoms with Gasteiger partial charge in [0.2, 0.25) is 0 Å². The van der Waals surface area contributed by atoms with E-state index < -0.39 is 4.92 Å². The minimum atomic E-state index is -0.504. The number of rotatable bonds is 5. The number of ether oxygens (including phenoxy) is 1. The Morgan fingerprint density at radius 1 is 1.59 bits per heavy atom. The molecule has 17 heavy (non-hydrogen) atoms. The highest BCUT2D eigenvalue weighted by Crippen LogP contribution is 2.16. The van der Waals surface area contributed by atoms with Crippen molar-refractivity contribution in [3.05, 3.63) is 28.4 Å². The average Bonchev–Trinajstić information content (AvgIpc) is 2.83. The van der Waals surface area contributed by atoms with Crippen molar-refractivity contribution in [2.24, 2.45) is 0 Å². The van der Waals surface area contributed by atoms with E-state index in [1.165, 1.54) is 12.3 Å². The summed E-state index contributed by atoms with van der Waals surface area (Å²) in [6.45, 7) is 1.66. The van der Waals surface area contributed by atoms with Gasteiger partial charge in [0.1, 0.15) is 0 Å². The van der Waals surface area contributed by atoms with Gasteiger partial charge in [0.15, 0.2) is 6.20 Å². The summed E-state index contributed by atoms with van der Waals surface area (Å²) in [5.74, 6) is -0.130. The predicted molar refractivity (Wildman–Crippen MR) is 63.0 cm³/mol. The highest BCUT2D eigenvalue weighted by molar-refractivity contribution is 5.43. The Bertz CT molecular complexity index is 374. The van der Waals surface area contributed by atoms with Crippen LogP contribution < -0.4 is 5.32 Å². The van der Waals surface area contributed by atoms with Crippen molar-refractivity contribution in [1.82, 2.24) is 4.98 Å². The number of nitrogens with zero attached hydrogens (tertiary/aromatic N) is 2. The normalized spacial score (nSPS) is 19.2. The van der Waals surface area contributed by atoms with Crippen LogP contribution in [-0.4, -0.2) is 29.2 Å². The number of pyridine rings is 1. The van der Waals surface area contributed by atoms with Crippen LogP contribution in [0.15, 0.2) is 18.3 Å². The van der Waals surface area contributed by atoms with Crippen LogP contribution in [0.1, 0.15) is 19.3 Å². The van der Waals surface area contributed by atoms with Gasteiger partial charge in [0.25, 0.3) is 0 Å². The molecule has 0 spiro atoms. The van der Waals surface area contributed by atoms with E-state index in [2.05, 4.69) is 10.3 Å². The van der Waals surface area contributed by atoms with E-state index in [-0.39, 0.29) is 5.82 Å². The van der Waals surface area contributed by atoms with Crippen molar-refractivity contribution in [3.8, 4) is 0 Å². The molecule has 1 aromatic heterocycles. The molecule has 1 atom stereocenters. The molecule has 2 heterocycles. The maximum atomic E-state index is 10.4. The predicted octanol–water partition coefficient (Wildman–Crippen LogP) is 1.97. The van der Waals surface area contributed by atoms with E-state index >= 15 is 0 Å². The second-order valence-corrected chi connectivity index (χ2v) is 4.01. The fraction of sp³-hybridized carbons (Fsp3) is 0.545. The molecule has 0 radical (unpaired) electrons. The lowest BCUT2D eigenvalue weighted by Gasteiger charge is -2.09. The Labute approximate surface area is 99.2 Å². The van der Waals surface area contributed by atoms with Crippen LogP contribution in [0.2, 0.25) is 0 Å². The zero-order valence-electron chi connectivity index (χ0n) is 9.46. The molecular formula is C11H15N3O3. The minimum Gasteiger partial charge on any atom is -0.382 e. The van der Waals surface area contributed by atoms with Gasteiger partial charge in [-0.15, -0.1) is 0 Å². The van der Waals surface area contributed by atoms with E-state index in [0.717, 1.165) is 38.1 Å². The fourth-order valence-corrected chi connectivity index (χ4v) is 1.85. The molecule has 0 saturated carbocycles. The van der Waals surface area contributed by atoms with Crippen LogP contribution in [0.3, 0.4) is 0 Å². The number of aromatic nitrogens is 1. The summed E-state index contributed by atoms with van der Waals surface area (Å²) in [5, 5.41) is 13.6. The van der Waals surface area contributed by atoms with Crippen molar-refractivity contribution in [2.45, 2.75) is 25.4 Å². The van der Waals surface area contributed by atoms with Crippen LogP contribution in [0, 0.1) is 10.1 Å². The van der Waals surface area contributed by atoms with Crippen molar-refractivity contribution < 1.29 is 9.66 Å². The third kappa shape index (κ3) is 3.39. The van der Waals surface area contributed by atoms with Crippen LogP contribution in [0.5, 0.6) is 0 Å². The Morgan fingerprint density at radius 3 is 3.06 bits per heavy atom. The van der Waals surface area contributed by atoms with Gasteiger partial charge in [0.05, 0.1) is 11.8 Å². The first-order valence-electron chi connectivity index (χ1n) is 5.71. The van der Waals surface area contributed by atoms with E-state index in [1.807, 2.05) is 0 Å². The zero-order valence-corrected chi connectivity index (χ0v) is 9.46. The van der Waals surface area contributed by atoms with Gasteiger partial charge < -0.3 is 20.2 Å². The molecule has 1 aliphatic rings. The van der Waals surface area contributed by atoms with Gasteiger partial charge in [-0.2, -0.15) is 0 Å². The maximum absolute atomic E-state index is 10.4. The molecule has 0 bridgehead atoms. The molecule has 1 unspecified atom stereocenters. The monoisotopic (exact) mass is 237 g/mol. The summed E-state index contributed by atoms with van der Waals surface area (Å²) in [7, 11) is 0. The Hall–Kier alpha value is -1.69. The SMILES string of the molecule is O=[N+]([O-])c1ccc(NCCC2CCCO2)cn1. The zero-order chi connectivity index (χ0) is 12.1. The molecule has 1 aromatic rings. The van der Waals surface area contributed by atoms with Gasteiger partial charge in [-0.1, -0.05) is 0 Å². The van der Waals surface area contributed by atoms with Crippen LogP contribution >= 0.6 is 0 Å². The highest BCUT2D eigenvalue weighted by atomic mass is 16.6. The summed E-state index contributed by atoms with van der Waals surface area (Å²) < 4.78 is 5.50. The first kappa shape index (κ1) is 11.8.